The van der Waals surface area contributed by atoms with Gasteiger partial charge in [-0.3, -0.25) is 9.36 Å². The third-order valence-electron chi connectivity index (χ3n) is 5.60. The van der Waals surface area contributed by atoms with Crippen LogP contribution >= 0.6 is 0 Å². The molecule has 2 aromatic heterocycles. The maximum absolute atomic E-state index is 12.7. The zero-order valence-electron chi connectivity index (χ0n) is 15.0. The van der Waals surface area contributed by atoms with E-state index in [0.717, 1.165) is 25.7 Å². The second kappa shape index (κ2) is 7.02. The molecule has 2 fully saturated rings. The number of hydrogen-bond donors (Lipinski definition) is 4. The summed E-state index contributed by atoms with van der Waals surface area (Å²) in [6.07, 6.45) is 2.04. The van der Waals surface area contributed by atoms with Gasteiger partial charge in [0.15, 0.2) is 23.8 Å². The summed E-state index contributed by atoms with van der Waals surface area (Å²) in [5.74, 6) is 0.160. The van der Waals surface area contributed by atoms with Crippen LogP contribution in [0.1, 0.15) is 38.8 Å². The largest absolute Gasteiger partial charge is 0.387 e. The number of amides is 1. The number of nitrogens with two attached hydrogens (primary N) is 1. The molecule has 1 saturated heterocycles. The van der Waals surface area contributed by atoms with Crippen molar-refractivity contribution in [2.24, 2.45) is 5.92 Å². The molecule has 1 aliphatic carbocycles. The Hall–Kier alpha value is -2.30. The summed E-state index contributed by atoms with van der Waals surface area (Å²) in [7, 11) is 0. The van der Waals surface area contributed by atoms with Crippen LogP contribution in [0.5, 0.6) is 0 Å². The van der Waals surface area contributed by atoms with E-state index in [1.807, 2.05) is 0 Å². The van der Waals surface area contributed by atoms with E-state index in [1.165, 1.54) is 17.2 Å². The molecular weight excluding hydrogens is 352 g/mol. The molecule has 4 rings (SSSR count). The molecule has 27 heavy (non-hydrogen) atoms. The summed E-state index contributed by atoms with van der Waals surface area (Å²) >= 11 is 0. The van der Waals surface area contributed by atoms with Crippen LogP contribution in [0.2, 0.25) is 0 Å². The van der Waals surface area contributed by atoms with E-state index in [9.17, 15) is 15.0 Å². The van der Waals surface area contributed by atoms with Gasteiger partial charge in [-0.25, -0.2) is 15.0 Å². The molecular formula is C17H24N6O4. The summed E-state index contributed by atoms with van der Waals surface area (Å²) in [6, 6.07) is 0.0554. The predicted molar refractivity (Wildman–Crippen MR) is 95.2 cm³/mol. The van der Waals surface area contributed by atoms with Crippen LogP contribution in [-0.4, -0.2) is 60.0 Å². The number of aliphatic hydroxyl groups excluding tert-OH is 2. The van der Waals surface area contributed by atoms with Crippen molar-refractivity contribution in [3.63, 3.8) is 0 Å². The third kappa shape index (κ3) is 3.13. The van der Waals surface area contributed by atoms with E-state index in [-0.39, 0.29) is 11.9 Å². The van der Waals surface area contributed by atoms with Crippen molar-refractivity contribution in [3.05, 3.63) is 12.7 Å². The molecule has 1 aliphatic heterocycles. The van der Waals surface area contributed by atoms with Crippen molar-refractivity contribution in [3.8, 4) is 0 Å². The van der Waals surface area contributed by atoms with Crippen molar-refractivity contribution in [2.45, 2.75) is 63.2 Å². The molecule has 10 heteroatoms. The molecule has 0 bridgehead atoms. The number of hydrogen-bond acceptors (Lipinski definition) is 8. The average Bonchev–Trinajstić information content (AvgIpc) is 3.20. The van der Waals surface area contributed by atoms with Crippen LogP contribution in [0.25, 0.3) is 11.2 Å². The van der Waals surface area contributed by atoms with Crippen LogP contribution in [-0.2, 0) is 9.53 Å². The molecule has 6 atom stereocenters. The lowest BCUT2D eigenvalue weighted by Gasteiger charge is -2.30. The summed E-state index contributed by atoms with van der Waals surface area (Å²) in [5, 5.41) is 23.8. The number of carbonyl (C=O) groups is 1. The van der Waals surface area contributed by atoms with Crippen LogP contribution in [0, 0.1) is 5.92 Å². The fourth-order valence-corrected chi connectivity index (χ4v) is 3.96. The van der Waals surface area contributed by atoms with Gasteiger partial charge in [-0.15, -0.1) is 0 Å². The van der Waals surface area contributed by atoms with Gasteiger partial charge in [0.05, 0.1) is 6.33 Å². The number of imidazole rings is 1. The van der Waals surface area contributed by atoms with Crippen molar-refractivity contribution in [1.29, 1.82) is 0 Å². The molecule has 146 valence electrons. The van der Waals surface area contributed by atoms with Gasteiger partial charge >= 0.3 is 0 Å². The first-order valence-corrected chi connectivity index (χ1v) is 9.22. The van der Waals surface area contributed by atoms with E-state index in [4.69, 9.17) is 10.5 Å². The van der Waals surface area contributed by atoms with Crippen molar-refractivity contribution in [1.82, 2.24) is 24.8 Å². The molecule has 2 unspecified atom stereocenters. The zero-order chi connectivity index (χ0) is 19.1. The normalized spacial score (nSPS) is 34.0. The number of nitrogens with zero attached hydrogens (tertiary/aromatic N) is 4. The highest BCUT2D eigenvalue weighted by Crippen LogP contribution is 2.32. The molecule has 2 aliphatic rings. The van der Waals surface area contributed by atoms with Gasteiger partial charge in [-0.1, -0.05) is 19.8 Å². The summed E-state index contributed by atoms with van der Waals surface area (Å²) in [4.78, 5) is 24.8. The standard InChI is InChI=1S/C17H24N6O4/c1-8-4-2-3-5-9(8)22-16(26)13-11(24)12(25)17(27-13)23-7-21-10-14(18)19-6-20-15(10)23/h6-9,11-13,17,24-25H,2-5H2,1H3,(H,22,26)(H2,18,19,20)/t8?,9?,11-,12+,13-,17+/m0/s1. The quantitative estimate of drug-likeness (QED) is 0.572. The molecule has 0 spiro atoms. The summed E-state index contributed by atoms with van der Waals surface area (Å²) in [6.45, 7) is 2.11. The van der Waals surface area contributed by atoms with Crippen LogP contribution in [0.15, 0.2) is 12.7 Å². The number of fused-ring (bicyclic) bond motifs is 1. The Bertz CT molecular complexity index is 842. The highest BCUT2D eigenvalue weighted by molar-refractivity contribution is 5.83. The smallest absolute Gasteiger partial charge is 0.252 e. The van der Waals surface area contributed by atoms with E-state index in [1.54, 1.807) is 0 Å². The van der Waals surface area contributed by atoms with Gasteiger partial charge in [0.1, 0.15) is 24.1 Å². The lowest BCUT2D eigenvalue weighted by molar-refractivity contribution is -0.139. The average molecular weight is 376 g/mol. The topological polar surface area (TPSA) is 148 Å². The molecule has 2 aromatic rings. The maximum Gasteiger partial charge on any atom is 0.252 e. The van der Waals surface area contributed by atoms with Crippen LogP contribution in [0.3, 0.4) is 0 Å². The minimum atomic E-state index is -1.36. The number of nitrogens with one attached hydrogen (secondary N) is 1. The predicted octanol–water partition coefficient (Wildman–Crippen LogP) is -0.277. The first kappa shape index (κ1) is 18.1. The van der Waals surface area contributed by atoms with Gasteiger partial charge in [-0.2, -0.15) is 0 Å². The maximum atomic E-state index is 12.7. The lowest BCUT2D eigenvalue weighted by Crippen LogP contribution is -2.49. The molecule has 1 amide bonds. The Morgan fingerprint density at radius 1 is 1.26 bits per heavy atom. The second-order valence-corrected chi connectivity index (χ2v) is 7.39. The van der Waals surface area contributed by atoms with Gasteiger partial charge in [0.25, 0.3) is 5.91 Å². The van der Waals surface area contributed by atoms with Gasteiger partial charge in [0, 0.05) is 6.04 Å². The highest BCUT2D eigenvalue weighted by atomic mass is 16.6. The molecule has 10 nitrogen and oxygen atoms in total. The summed E-state index contributed by atoms with van der Waals surface area (Å²) < 4.78 is 7.18. The Morgan fingerprint density at radius 2 is 2.04 bits per heavy atom. The zero-order valence-corrected chi connectivity index (χ0v) is 15.0. The number of anilines is 1. The Morgan fingerprint density at radius 3 is 2.81 bits per heavy atom. The van der Waals surface area contributed by atoms with Crippen LogP contribution < -0.4 is 11.1 Å². The van der Waals surface area contributed by atoms with E-state index in [0.29, 0.717) is 17.1 Å². The summed E-state index contributed by atoms with van der Waals surface area (Å²) in [5.41, 5.74) is 6.51. The number of carbonyl (C=O) groups excluding carboxylic acids is 1. The molecule has 5 N–H and O–H groups in total. The second-order valence-electron chi connectivity index (χ2n) is 7.39. The number of rotatable bonds is 3. The van der Waals surface area contributed by atoms with Crippen LogP contribution in [0.4, 0.5) is 5.82 Å². The van der Waals surface area contributed by atoms with Crippen molar-refractivity contribution < 1.29 is 19.7 Å². The first-order valence-electron chi connectivity index (χ1n) is 9.22. The number of nitrogen functional groups attached to an aromatic ring is 1. The molecule has 0 radical (unpaired) electrons. The minimum Gasteiger partial charge on any atom is -0.387 e. The lowest BCUT2D eigenvalue weighted by atomic mass is 9.86. The van der Waals surface area contributed by atoms with E-state index < -0.39 is 30.4 Å². The van der Waals surface area contributed by atoms with Crippen molar-refractivity contribution >= 4 is 22.9 Å². The fraction of sp³-hybridized carbons (Fsp3) is 0.647. The number of ether oxygens (including phenoxy) is 1. The number of aromatic nitrogens is 4. The SMILES string of the molecule is CC1CCCCC1NC(=O)[C@H]1O[C@@H](n2cnc3c(N)ncnc32)[C@H](O)[C@@H]1O. The monoisotopic (exact) mass is 376 g/mol. The third-order valence-corrected chi connectivity index (χ3v) is 5.60. The van der Waals surface area contributed by atoms with Crippen molar-refractivity contribution in [2.75, 3.05) is 5.73 Å². The van der Waals surface area contributed by atoms with E-state index in [2.05, 4.69) is 27.2 Å². The Kier molecular flexibility index (Phi) is 4.70. The first-order chi connectivity index (χ1) is 13.0. The van der Waals surface area contributed by atoms with Gasteiger partial charge < -0.3 is 26.0 Å². The highest BCUT2D eigenvalue weighted by Gasteiger charge is 2.48. The minimum absolute atomic E-state index is 0.0554. The fourth-order valence-electron chi connectivity index (χ4n) is 3.96. The molecule has 1 saturated carbocycles. The van der Waals surface area contributed by atoms with Gasteiger partial charge in [-0.05, 0) is 18.8 Å². The Labute approximate surface area is 155 Å². The van der Waals surface area contributed by atoms with E-state index >= 15 is 0 Å². The Balaban J connectivity index is 1.53. The molecule has 0 aromatic carbocycles. The molecule has 3 heterocycles. The number of aliphatic hydroxyl groups is 2. The van der Waals surface area contributed by atoms with Gasteiger partial charge in [0.2, 0.25) is 0 Å².